The molecule has 0 amide bonds. The van der Waals surface area contributed by atoms with Gasteiger partial charge in [0, 0.05) is 36.1 Å². The van der Waals surface area contributed by atoms with Crippen LogP contribution < -0.4 is 15.6 Å². The fourth-order valence-electron chi connectivity index (χ4n) is 13.7. The van der Waals surface area contributed by atoms with Crippen LogP contribution in [0.15, 0.2) is 41.0 Å². The van der Waals surface area contributed by atoms with Crippen molar-refractivity contribution in [1.29, 1.82) is 0 Å². The number of ketones is 1. The van der Waals surface area contributed by atoms with Crippen LogP contribution in [0.4, 0.5) is 0 Å². The number of carboxylic acids is 1. The summed E-state index contributed by atoms with van der Waals surface area (Å²) >= 11 is 0. The normalized spacial score (nSPS) is 41.6. The Hall–Kier alpha value is -3.44. The fourth-order valence-corrected chi connectivity index (χ4v) is 13.7. The highest BCUT2D eigenvalue weighted by molar-refractivity contribution is 6.08. The number of carbonyl (C=O) groups is 2. The smallest absolute Gasteiger partial charge is 0.335 e. The van der Waals surface area contributed by atoms with Crippen molar-refractivity contribution in [2.24, 2.45) is 28.6 Å². The van der Waals surface area contributed by atoms with Crippen LogP contribution in [0.1, 0.15) is 84.6 Å². The van der Waals surface area contributed by atoms with Crippen LogP contribution in [0.25, 0.3) is 10.8 Å². The minimum absolute atomic E-state index is 0.0136. The zero-order chi connectivity index (χ0) is 39.8. The molecule has 12 atom stereocenters. The predicted octanol–water partition coefficient (Wildman–Crippen LogP) is 2.80. The van der Waals surface area contributed by atoms with Crippen molar-refractivity contribution in [3.63, 3.8) is 0 Å². The Bertz CT molecular complexity index is 2130. The van der Waals surface area contributed by atoms with Crippen LogP contribution in [0.3, 0.4) is 0 Å². The van der Waals surface area contributed by atoms with Gasteiger partial charge >= 0.3 is 5.97 Å². The molecule has 3 spiro atoms. The van der Waals surface area contributed by atoms with Crippen molar-refractivity contribution in [3.8, 4) is 11.5 Å². The standard InChI is InChI=1S/C43H52N2O12/c1-20-10-23-11-24(38(52)53)12-28(33(23)34(49)31(20)21(2)48)56-39-35(50)37(51)43(30(15-47)57-39)14-27-32-22(17-55-43)5-6-26(32)41(8-9-46)19-54-16-25-13-40-7-3-4-29(40)44-45-42(27,18-40)36(25)41/h6,10-12,25,27,29-30,35-37,39,44-47,49-51H,3-5,7-9,13-19H2,1-2H3,(H,52,53)/t25-,27+,29+,30+,35+,36-,37+,39+,40-,41-,42+,43+/m0/s1. The minimum Gasteiger partial charge on any atom is -0.506 e. The number of hydrogen-bond acceptors (Lipinski definition) is 13. The van der Waals surface area contributed by atoms with Gasteiger partial charge < -0.3 is 49.6 Å². The number of rotatable bonds is 7. The van der Waals surface area contributed by atoms with Gasteiger partial charge in [0.1, 0.15) is 35.4 Å². The number of carboxylic acid groups (broad SMARTS) is 1. The van der Waals surface area contributed by atoms with Gasteiger partial charge in [-0.2, -0.15) is 0 Å². The van der Waals surface area contributed by atoms with Crippen LogP contribution in [-0.4, -0.2) is 117 Å². The topological polar surface area (TPSA) is 216 Å². The molecular formula is C43H52N2O12. The largest absolute Gasteiger partial charge is 0.506 e. The van der Waals surface area contributed by atoms with Gasteiger partial charge in [-0.1, -0.05) is 18.6 Å². The number of nitrogens with one attached hydrogen (secondary N) is 2. The molecule has 14 nitrogen and oxygen atoms in total. The third kappa shape index (κ3) is 5.02. The first kappa shape index (κ1) is 37.8. The van der Waals surface area contributed by atoms with Gasteiger partial charge in [-0.05, 0) is 116 Å². The van der Waals surface area contributed by atoms with E-state index in [1.165, 1.54) is 24.6 Å². The van der Waals surface area contributed by atoms with E-state index in [1.807, 2.05) is 0 Å². The SMILES string of the molecule is CC(=O)c1c(C)cc2cc(C(=O)O)cc(O[C@@H]3O[C@H](CO)[C@]4(C[C@@H]5C6=C(CC=C6[C@]6(CCO)COC[C@@H]7C[C@]89CCC[C@H]8NN[C@@]5(C9)[C@@H]76)CO4)[C@H](O)[C@H]3O)c2c1O. The highest BCUT2D eigenvalue weighted by atomic mass is 16.7. The molecule has 306 valence electrons. The Morgan fingerprint density at radius 1 is 1.12 bits per heavy atom. The lowest BCUT2D eigenvalue weighted by Gasteiger charge is -2.71. The molecule has 8 N–H and O–H groups in total. The molecule has 14 heteroatoms. The quantitative estimate of drug-likeness (QED) is 0.190. The second-order valence-corrected chi connectivity index (χ2v) is 18.3. The van der Waals surface area contributed by atoms with Crippen LogP contribution in [0, 0.1) is 35.5 Å². The number of ether oxygens (including phenoxy) is 4. The highest BCUT2D eigenvalue weighted by Crippen LogP contribution is 2.72. The lowest BCUT2D eigenvalue weighted by Crippen LogP contribution is -2.81. The molecule has 6 fully saturated rings. The molecule has 57 heavy (non-hydrogen) atoms. The third-order valence-electron chi connectivity index (χ3n) is 15.7. The number of phenolic OH excluding ortho intramolecular Hbond substituents is 1. The Kier molecular flexibility index (Phi) is 8.64. The first-order valence-corrected chi connectivity index (χ1v) is 20.4. The summed E-state index contributed by atoms with van der Waals surface area (Å²) in [7, 11) is 0. The van der Waals surface area contributed by atoms with E-state index in [-0.39, 0.29) is 70.5 Å². The number of aryl methyl sites for hydroxylation is 1. The Morgan fingerprint density at radius 3 is 2.70 bits per heavy atom. The van der Waals surface area contributed by atoms with E-state index < -0.39 is 65.3 Å². The maximum absolute atomic E-state index is 12.6. The number of aliphatic hydroxyl groups is 4. The maximum Gasteiger partial charge on any atom is 0.335 e. The molecule has 0 aromatic heterocycles. The second kappa shape index (κ2) is 13.0. The van der Waals surface area contributed by atoms with Gasteiger partial charge in [0.05, 0.1) is 36.3 Å². The number of hydrazine groups is 1. The Morgan fingerprint density at radius 2 is 1.95 bits per heavy atom. The van der Waals surface area contributed by atoms with E-state index in [9.17, 15) is 40.2 Å². The maximum atomic E-state index is 12.6. The van der Waals surface area contributed by atoms with Gasteiger partial charge in [0.2, 0.25) is 6.29 Å². The van der Waals surface area contributed by atoms with Crippen molar-refractivity contribution in [3.05, 3.63) is 57.7 Å². The molecule has 10 rings (SSSR count). The zero-order valence-corrected chi connectivity index (χ0v) is 32.3. The molecule has 0 unspecified atom stereocenters. The number of fused-ring (bicyclic) bond motifs is 2. The van der Waals surface area contributed by atoms with Crippen molar-refractivity contribution in [2.75, 3.05) is 33.0 Å². The van der Waals surface area contributed by atoms with Gasteiger partial charge in [-0.3, -0.25) is 15.6 Å². The summed E-state index contributed by atoms with van der Waals surface area (Å²) in [5.74, 6) is -2.19. The molecule has 2 bridgehead atoms. The van der Waals surface area contributed by atoms with Crippen molar-refractivity contribution in [2.45, 2.75) is 107 Å². The Labute approximate surface area is 329 Å². The summed E-state index contributed by atoms with van der Waals surface area (Å²) in [4.78, 5) is 24.8. The average Bonchev–Trinajstić information content (AvgIpc) is 3.74. The number of allylic oxidation sites excluding steroid dienone is 1. The summed E-state index contributed by atoms with van der Waals surface area (Å²) in [5, 5.41) is 68.0. The lowest BCUT2D eigenvalue weighted by atomic mass is 9.39. The van der Waals surface area contributed by atoms with E-state index in [0.717, 1.165) is 43.3 Å². The van der Waals surface area contributed by atoms with Crippen molar-refractivity contribution in [1.82, 2.24) is 10.9 Å². The fraction of sp³-hybridized carbons (Fsp3) is 0.628. The first-order valence-electron chi connectivity index (χ1n) is 20.4. The number of aromatic hydroxyl groups is 1. The zero-order valence-electron chi connectivity index (χ0n) is 32.3. The van der Waals surface area contributed by atoms with Crippen molar-refractivity contribution >= 4 is 22.5 Å². The number of Topliss-reactive ketones (excluding diaryl/α,β-unsaturated/α-hetero) is 1. The molecule has 4 heterocycles. The highest BCUT2D eigenvalue weighted by Gasteiger charge is 2.74. The van der Waals surface area contributed by atoms with Gasteiger partial charge in [-0.15, -0.1) is 0 Å². The number of phenols is 1. The molecule has 3 saturated carbocycles. The lowest BCUT2D eigenvalue weighted by molar-refractivity contribution is -0.327. The van der Waals surface area contributed by atoms with E-state index in [4.69, 9.17) is 18.9 Å². The molecule has 8 aliphatic rings. The summed E-state index contributed by atoms with van der Waals surface area (Å²) in [6, 6.07) is 4.42. The minimum atomic E-state index is -1.75. The van der Waals surface area contributed by atoms with Crippen LogP contribution in [-0.2, 0) is 14.2 Å². The van der Waals surface area contributed by atoms with E-state index in [2.05, 4.69) is 16.9 Å². The van der Waals surface area contributed by atoms with Gasteiger partial charge in [0.15, 0.2) is 5.78 Å². The molecule has 0 radical (unpaired) electrons. The molecule has 4 aliphatic heterocycles. The van der Waals surface area contributed by atoms with Crippen LogP contribution >= 0.6 is 0 Å². The van der Waals surface area contributed by atoms with Gasteiger partial charge in [0.25, 0.3) is 0 Å². The Balaban J connectivity index is 1.06. The van der Waals surface area contributed by atoms with E-state index in [1.54, 1.807) is 13.0 Å². The summed E-state index contributed by atoms with van der Waals surface area (Å²) in [5.41, 5.74) is 8.91. The molecule has 2 aromatic carbocycles. The van der Waals surface area contributed by atoms with E-state index in [0.29, 0.717) is 37.7 Å². The summed E-state index contributed by atoms with van der Waals surface area (Å²) in [6.45, 7) is 3.61. The monoisotopic (exact) mass is 788 g/mol. The molecule has 4 aliphatic carbocycles. The number of aliphatic hydroxyl groups excluding tert-OH is 4. The van der Waals surface area contributed by atoms with Gasteiger partial charge in [-0.25, -0.2) is 4.79 Å². The number of carbonyl (C=O) groups excluding carboxylic acids is 1. The molecule has 3 saturated heterocycles. The third-order valence-corrected chi connectivity index (χ3v) is 15.7. The first-order chi connectivity index (χ1) is 27.3. The second-order valence-electron chi connectivity index (χ2n) is 18.3. The molecule has 2 aromatic rings. The number of benzene rings is 2. The van der Waals surface area contributed by atoms with E-state index >= 15 is 0 Å². The molecular weight excluding hydrogens is 736 g/mol. The summed E-state index contributed by atoms with van der Waals surface area (Å²) in [6.07, 6.45) is 2.66. The van der Waals surface area contributed by atoms with Crippen LogP contribution in [0.5, 0.6) is 11.5 Å². The number of hydrogen-bond donors (Lipinski definition) is 8. The van der Waals surface area contributed by atoms with Crippen LogP contribution in [0.2, 0.25) is 0 Å². The average molecular weight is 789 g/mol. The van der Waals surface area contributed by atoms with Crippen molar-refractivity contribution < 1.29 is 59.2 Å². The number of aromatic carboxylic acids is 1. The predicted molar refractivity (Wildman–Crippen MR) is 202 cm³/mol. The summed E-state index contributed by atoms with van der Waals surface area (Å²) < 4.78 is 26.0.